The maximum atomic E-state index is 13.5. The van der Waals surface area contributed by atoms with Gasteiger partial charge in [0.05, 0.1) is 0 Å². The van der Waals surface area contributed by atoms with Gasteiger partial charge in [-0.2, -0.15) is 0 Å². The van der Waals surface area contributed by atoms with Crippen molar-refractivity contribution in [2.75, 3.05) is 13.1 Å². The summed E-state index contributed by atoms with van der Waals surface area (Å²) in [4.78, 5) is 25.9. The van der Waals surface area contributed by atoms with Gasteiger partial charge in [-0.3, -0.25) is 4.79 Å². The minimum atomic E-state index is -0.568. The van der Waals surface area contributed by atoms with Crippen LogP contribution in [0.3, 0.4) is 0 Å². The van der Waals surface area contributed by atoms with Gasteiger partial charge in [0.15, 0.2) is 0 Å². The molecule has 0 bridgehead atoms. The zero-order chi connectivity index (χ0) is 17.2. The Morgan fingerprint density at radius 1 is 1.39 bits per heavy atom. The number of carbonyl (C=O) groups is 2. The molecule has 1 aliphatic rings. The van der Waals surface area contributed by atoms with E-state index in [-0.39, 0.29) is 17.5 Å². The van der Waals surface area contributed by atoms with E-state index in [0.29, 0.717) is 30.4 Å². The van der Waals surface area contributed by atoms with Crippen molar-refractivity contribution in [2.24, 2.45) is 5.92 Å². The number of ether oxygens (including phenoxy) is 1. The molecular formula is C17H21BrFNO3. The summed E-state index contributed by atoms with van der Waals surface area (Å²) in [6.45, 7) is 6.10. The monoisotopic (exact) mass is 385 g/mol. The summed E-state index contributed by atoms with van der Waals surface area (Å²) in [5, 5.41) is 0. The number of piperidine rings is 1. The van der Waals surface area contributed by atoms with E-state index in [9.17, 15) is 14.0 Å². The molecule has 1 fully saturated rings. The highest BCUT2D eigenvalue weighted by atomic mass is 79.9. The molecule has 1 amide bonds. The van der Waals surface area contributed by atoms with Crippen LogP contribution in [-0.2, 0) is 16.0 Å². The molecule has 6 heteroatoms. The van der Waals surface area contributed by atoms with Crippen LogP contribution in [0, 0.1) is 11.7 Å². The number of hydrogen-bond donors (Lipinski definition) is 0. The summed E-state index contributed by atoms with van der Waals surface area (Å²) in [5.41, 5.74) is 0.169. The van der Waals surface area contributed by atoms with Gasteiger partial charge in [0, 0.05) is 29.9 Å². The highest BCUT2D eigenvalue weighted by Gasteiger charge is 2.32. The summed E-state index contributed by atoms with van der Waals surface area (Å²) < 4.78 is 19.5. The van der Waals surface area contributed by atoms with Crippen molar-refractivity contribution in [3.63, 3.8) is 0 Å². The fourth-order valence-electron chi connectivity index (χ4n) is 2.59. The fourth-order valence-corrected chi connectivity index (χ4v) is 3.11. The van der Waals surface area contributed by atoms with Crippen molar-refractivity contribution in [1.82, 2.24) is 4.90 Å². The van der Waals surface area contributed by atoms with Crippen LogP contribution in [-0.4, -0.2) is 35.5 Å². The van der Waals surface area contributed by atoms with Gasteiger partial charge >= 0.3 is 6.09 Å². The number of ketones is 1. The van der Waals surface area contributed by atoms with Crippen LogP contribution in [0.25, 0.3) is 0 Å². The van der Waals surface area contributed by atoms with Gasteiger partial charge in [0.2, 0.25) is 0 Å². The molecule has 1 heterocycles. The predicted molar refractivity (Wildman–Crippen MR) is 88.7 cm³/mol. The first-order valence-electron chi connectivity index (χ1n) is 7.59. The summed E-state index contributed by atoms with van der Waals surface area (Å²) in [6.07, 6.45) is 0.310. The number of carbonyl (C=O) groups excluding carboxylic acids is 2. The molecule has 126 valence electrons. The Morgan fingerprint density at radius 3 is 2.70 bits per heavy atom. The molecule has 4 nitrogen and oxygen atoms in total. The smallest absolute Gasteiger partial charge is 0.410 e. The minimum Gasteiger partial charge on any atom is -0.444 e. The van der Waals surface area contributed by atoms with Crippen molar-refractivity contribution in [2.45, 2.75) is 39.2 Å². The summed E-state index contributed by atoms with van der Waals surface area (Å²) >= 11 is 3.25. The Morgan fingerprint density at radius 2 is 2.09 bits per heavy atom. The lowest BCUT2D eigenvalue weighted by Crippen LogP contribution is -2.46. The van der Waals surface area contributed by atoms with Crippen molar-refractivity contribution < 1.29 is 18.7 Å². The molecule has 1 unspecified atom stereocenters. The number of Topliss-reactive ketones (excluding diaryl/α,β-unsaturated/α-hetero) is 1. The van der Waals surface area contributed by atoms with E-state index in [1.807, 2.05) is 20.8 Å². The maximum Gasteiger partial charge on any atom is 0.410 e. The molecule has 0 N–H and O–H groups in total. The van der Waals surface area contributed by atoms with Gasteiger partial charge in [0.25, 0.3) is 0 Å². The highest BCUT2D eigenvalue weighted by Crippen LogP contribution is 2.23. The largest absolute Gasteiger partial charge is 0.444 e. The first kappa shape index (κ1) is 17.9. The summed E-state index contributed by atoms with van der Waals surface area (Å²) in [5.74, 6) is -0.572. The second-order valence-electron chi connectivity index (χ2n) is 6.82. The molecule has 1 aromatic rings. The molecule has 1 aromatic carbocycles. The van der Waals surface area contributed by atoms with Crippen LogP contribution < -0.4 is 0 Å². The van der Waals surface area contributed by atoms with Crippen LogP contribution in [0.15, 0.2) is 22.7 Å². The lowest BCUT2D eigenvalue weighted by Gasteiger charge is -2.33. The summed E-state index contributed by atoms with van der Waals surface area (Å²) in [6, 6.07) is 4.59. The lowest BCUT2D eigenvalue weighted by molar-refractivity contribution is -0.125. The third kappa shape index (κ3) is 5.30. The SMILES string of the molecule is CC(C)(C)OC(=O)N1CCC(=O)C(Cc2cc(F)cc(Br)c2)C1. The van der Waals surface area contributed by atoms with E-state index in [1.165, 1.54) is 12.1 Å². The number of halogens is 2. The molecule has 0 aromatic heterocycles. The first-order chi connectivity index (χ1) is 10.6. The van der Waals surface area contributed by atoms with Crippen molar-refractivity contribution in [3.8, 4) is 0 Å². The Kier molecular flexibility index (Phi) is 5.45. The molecule has 1 atom stereocenters. The quantitative estimate of drug-likeness (QED) is 0.773. The topological polar surface area (TPSA) is 46.6 Å². The van der Waals surface area contributed by atoms with Crippen LogP contribution in [0.4, 0.5) is 9.18 Å². The normalized spacial score (nSPS) is 18.9. The average molecular weight is 386 g/mol. The Labute approximate surface area is 144 Å². The zero-order valence-corrected chi connectivity index (χ0v) is 15.2. The Bertz CT molecular complexity index is 592. The van der Waals surface area contributed by atoms with Gasteiger partial charge in [-0.1, -0.05) is 15.9 Å². The van der Waals surface area contributed by atoms with Crippen molar-refractivity contribution >= 4 is 27.8 Å². The minimum absolute atomic E-state index is 0.102. The molecule has 0 radical (unpaired) electrons. The molecule has 0 saturated carbocycles. The van der Waals surface area contributed by atoms with E-state index >= 15 is 0 Å². The number of rotatable bonds is 2. The maximum absolute atomic E-state index is 13.5. The van der Waals surface area contributed by atoms with Crippen molar-refractivity contribution in [1.29, 1.82) is 0 Å². The van der Waals surface area contributed by atoms with E-state index in [2.05, 4.69) is 15.9 Å². The number of hydrogen-bond acceptors (Lipinski definition) is 3. The van der Waals surface area contributed by atoms with Gasteiger partial charge in [-0.15, -0.1) is 0 Å². The molecule has 23 heavy (non-hydrogen) atoms. The number of likely N-dealkylation sites (tertiary alicyclic amines) is 1. The van der Waals surface area contributed by atoms with E-state index < -0.39 is 11.7 Å². The third-order valence-electron chi connectivity index (χ3n) is 3.58. The van der Waals surface area contributed by atoms with Crippen LogP contribution >= 0.6 is 15.9 Å². The lowest BCUT2D eigenvalue weighted by atomic mass is 9.90. The van der Waals surface area contributed by atoms with E-state index in [0.717, 1.165) is 5.56 Å². The molecule has 2 rings (SSSR count). The van der Waals surface area contributed by atoms with Crippen molar-refractivity contribution in [3.05, 3.63) is 34.1 Å². The predicted octanol–water partition coefficient (Wildman–Crippen LogP) is 3.96. The molecule has 0 spiro atoms. The number of benzene rings is 1. The van der Waals surface area contributed by atoms with Gasteiger partial charge in [0.1, 0.15) is 17.2 Å². The van der Waals surface area contributed by atoms with Crippen LogP contribution in [0.2, 0.25) is 0 Å². The van der Waals surface area contributed by atoms with Crippen LogP contribution in [0.5, 0.6) is 0 Å². The highest BCUT2D eigenvalue weighted by molar-refractivity contribution is 9.10. The molecule has 1 saturated heterocycles. The Balaban J connectivity index is 2.06. The fraction of sp³-hybridized carbons (Fsp3) is 0.529. The standard InChI is InChI=1S/C17H21BrFNO3/c1-17(2,3)23-16(22)20-5-4-15(21)12(10-20)6-11-7-13(18)9-14(19)8-11/h7-9,12H,4-6,10H2,1-3H3. The Hall–Kier alpha value is -1.43. The number of nitrogens with zero attached hydrogens (tertiary/aromatic N) is 1. The molecule has 0 aliphatic carbocycles. The second kappa shape index (κ2) is 6.99. The summed E-state index contributed by atoms with van der Waals surface area (Å²) in [7, 11) is 0. The number of amides is 1. The van der Waals surface area contributed by atoms with E-state index in [1.54, 1.807) is 11.0 Å². The molecular weight excluding hydrogens is 365 g/mol. The van der Waals surface area contributed by atoms with Gasteiger partial charge in [-0.25, -0.2) is 9.18 Å². The zero-order valence-electron chi connectivity index (χ0n) is 13.6. The second-order valence-corrected chi connectivity index (χ2v) is 7.74. The van der Waals surface area contributed by atoms with Gasteiger partial charge in [-0.05, 0) is 51.0 Å². The van der Waals surface area contributed by atoms with E-state index in [4.69, 9.17) is 4.74 Å². The first-order valence-corrected chi connectivity index (χ1v) is 8.39. The van der Waals surface area contributed by atoms with Gasteiger partial charge < -0.3 is 9.64 Å². The molecule has 1 aliphatic heterocycles. The third-order valence-corrected chi connectivity index (χ3v) is 4.04. The average Bonchev–Trinajstić information content (AvgIpc) is 2.38. The van der Waals surface area contributed by atoms with Crippen LogP contribution in [0.1, 0.15) is 32.8 Å².